The molecule has 2 saturated carbocycles. The molecule has 2 N–H and O–H groups in total. The minimum Gasteiger partial charge on any atom is -0.387 e. The maximum atomic E-state index is 6.05. The summed E-state index contributed by atoms with van der Waals surface area (Å²) in [7, 11) is 2.21. The van der Waals surface area contributed by atoms with Crippen LogP contribution in [0.15, 0.2) is 4.99 Å². The molecule has 0 spiro atoms. The van der Waals surface area contributed by atoms with Crippen LogP contribution in [-0.2, 0) is 0 Å². The second kappa shape index (κ2) is 5.17. The van der Waals surface area contributed by atoms with E-state index >= 15 is 0 Å². The molecule has 0 aromatic carbocycles. The molecule has 0 radical (unpaired) electrons. The Balaban J connectivity index is 1.77. The lowest BCUT2D eigenvalue weighted by Crippen LogP contribution is -2.34. The fraction of sp³-hybridized carbons (Fsp3) is 0.923. The lowest BCUT2D eigenvalue weighted by Gasteiger charge is -2.23. The standard InChI is InChI=1S/C13H25N3/c1-10(16(2)12-7-8-12)9-15-13(14)11-5-3-4-6-11/h10-12H,3-9H2,1-2H3,(H2,14,15). The monoisotopic (exact) mass is 223 g/mol. The highest BCUT2D eigenvalue weighted by atomic mass is 15.2. The fourth-order valence-electron chi connectivity index (χ4n) is 2.56. The van der Waals surface area contributed by atoms with E-state index in [2.05, 4.69) is 23.9 Å². The summed E-state index contributed by atoms with van der Waals surface area (Å²) in [5.74, 6) is 1.49. The zero-order valence-electron chi connectivity index (χ0n) is 10.7. The highest BCUT2D eigenvalue weighted by Gasteiger charge is 2.29. The summed E-state index contributed by atoms with van der Waals surface area (Å²) >= 11 is 0. The van der Waals surface area contributed by atoms with E-state index in [4.69, 9.17) is 5.73 Å². The van der Waals surface area contributed by atoms with Crippen molar-refractivity contribution in [3.8, 4) is 0 Å². The molecule has 16 heavy (non-hydrogen) atoms. The minimum absolute atomic E-state index is 0.535. The number of hydrogen-bond acceptors (Lipinski definition) is 2. The van der Waals surface area contributed by atoms with Gasteiger partial charge in [-0.15, -0.1) is 0 Å². The van der Waals surface area contributed by atoms with E-state index in [1.165, 1.54) is 38.5 Å². The first kappa shape index (κ1) is 11.9. The number of likely N-dealkylation sites (N-methyl/N-ethyl adjacent to an activating group) is 1. The summed E-state index contributed by atoms with van der Waals surface area (Å²) < 4.78 is 0. The summed E-state index contributed by atoms with van der Waals surface area (Å²) in [5.41, 5.74) is 6.05. The van der Waals surface area contributed by atoms with E-state index < -0.39 is 0 Å². The van der Waals surface area contributed by atoms with Crippen molar-refractivity contribution in [3.05, 3.63) is 0 Å². The number of nitrogens with zero attached hydrogens (tertiary/aromatic N) is 2. The number of nitrogens with two attached hydrogens (primary N) is 1. The summed E-state index contributed by atoms with van der Waals surface area (Å²) in [6.07, 6.45) is 7.90. The van der Waals surface area contributed by atoms with Crippen LogP contribution in [0.2, 0.25) is 0 Å². The second-order valence-corrected chi connectivity index (χ2v) is 5.49. The maximum Gasteiger partial charge on any atom is 0.0969 e. The summed E-state index contributed by atoms with van der Waals surface area (Å²) in [6.45, 7) is 3.12. The van der Waals surface area contributed by atoms with Crippen LogP contribution in [0.25, 0.3) is 0 Å². The Hall–Kier alpha value is -0.570. The SMILES string of the molecule is CC(CN=C(N)C1CCCC1)N(C)C1CC1. The molecule has 3 heteroatoms. The van der Waals surface area contributed by atoms with E-state index in [-0.39, 0.29) is 0 Å². The molecule has 2 rings (SSSR count). The van der Waals surface area contributed by atoms with E-state index in [1.54, 1.807) is 0 Å². The van der Waals surface area contributed by atoms with Crippen LogP contribution in [0.1, 0.15) is 45.4 Å². The van der Waals surface area contributed by atoms with E-state index in [0.717, 1.165) is 18.4 Å². The third-order valence-electron chi connectivity index (χ3n) is 4.13. The third-order valence-corrected chi connectivity index (χ3v) is 4.13. The van der Waals surface area contributed by atoms with Gasteiger partial charge in [-0.25, -0.2) is 0 Å². The molecule has 0 aromatic rings. The summed E-state index contributed by atoms with van der Waals surface area (Å²) in [6, 6.07) is 1.35. The first-order valence-electron chi connectivity index (χ1n) is 6.70. The van der Waals surface area contributed by atoms with Crippen LogP contribution < -0.4 is 5.73 Å². The predicted octanol–water partition coefficient (Wildman–Crippen LogP) is 2.02. The highest BCUT2D eigenvalue weighted by Crippen LogP contribution is 2.27. The van der Waals surface area contributed by atoms with Gasteiger partial charge in [0.2, 0.25) is 0 Å². The van der Waals surface area contributed by atoms with Gasteiger partial charge in [0.1, 0.15) is 0 Å². The maximum absolute atomic E-state index is 6.05. The van der Waals surface area contributed by atoms with Crippen LogP contribution in [0.5, 0.6) is 0 Å². The van der Waals surface area contributed by atoms with E-state index in [0.29, 0.717) is 12.0 Å². The largest absolute Gasteiger partial charge is 0.387 e. The lowest BCUT2D eigenvalue weighted by molar-refractivity contribution is 0.253. The summed E-state index contributed by atoms with van der Waals surface area (Å²) in [4.78, 5) is 7.04. The first-order chi connectivity index (χ1) is 7.68. The molecule has 2 aliphatic carbocycles. The van der Waals surface area contributed by atoms with Crippen LogP contribution in [0, 0.1) is 5.92 Å². The van der Waals surface area contributed by atoms with Crippen molar-refractivity contribution in [1.82, 2.24) is 4.90 Å². The van der Waals surface area contributed by atoms with Crippen molar-refractivity contribution in [2.75, 3.05) is 13.6 Å². The van der Waals surface area contributed by atoms with Gasteiger partial charge in [0, 0.05) is 18.0 Å². The Bertz CT molecular complexity index is 252. The van der Waals surface area contributed by atoms with Gasteiger partial charge in [-0.1, -0.05) is 12.8 Å². The van der Waals surface area contributed by atoms with Gasteiger partial charge >= 0.3 is 0 Å². The molecular weight excluding hydrogens is 198 g/mol. The van der Waals surface area contributed by atoms with Crippen LogP contribution in [-0.4, -0.2) is 36.4 Å². The van der Waals surface area contributed by atoms with Gasteiger partial charge < -0.3 is 5.73 Å². The molecule has 1 unspecified atom stereocenters. The van der Waals surface area contributed by atoms with Crippen molar-refractivity contribution < 1.29 is 0 Å². The van der Waals surface area contributed by atoms with Crippen LogP contribution in [0.3, 0.4) is 0 Å². The minimum atomic E-state index is 0.535. The molecule has 0 amide bonds. The van der Waals surface area contributed by atoms with Crippen molar-refractivity contribution in [2.24, 2.45) is 16.6 Å². The molecule has 92 valence electrons. The quantitative estimate of drug-likeness (QED) is 0.572. The first-order valence-corrected chi connectivity index (χ1v) is 6.70. The highest BCUT2D eigenvalue weighted by molar-refractivity contribution is 5.83. The number of amidine groups is 1. The van der Waals surface area contributed by atoms with Gasteiger partial charge in [-0.05, 0) is 39.7 Å². The molecule has 3 nitrogen and oxygen atoms in total. The molecule has 0 bridgehead atoms. The molecule has 0 aromatic heterocycles. The van der Waals surface area contributed by atoms with Crippen molar-refractivity contribution in [2.45, 2.75) is 57.5 Å². The molecule has 2 aliphatic rings. The Kier molecular flexibility index (Phi) is 3.85. The van der Waals surface area contributed by atoms with Gasteiger partial charge in [0.15, 0.2) is 0 Å². The molecular formula is C13H25N3. The normalized spacial score (nSPS) is 25.3. The lowest BCUT2D eigenvalue weighted by atomic mass is 10.1. The van der Waals surface area contributed by atoms with Crippen LogP contribution in [0.4, 0.5) is 0 Å². The molecule has 0 heterocycles. The van der Waals surface area contributed by atoms with Gasteiger partial charge in [-0.2, -0.15) is 0 Å². The van der Waals surface area contributed by atoms with Gasteiger partial charge in [-0.3, -0.25) is 9.89 Å². The topological polar surface area (TPSA) is 41.6 Å². The van der Waals surface area contributed by atoms with Gasteiger partial charge in [0.25, 0.3) is 0 Å². The predicted molar refractivity (Wildman–Crippen MR) is 68.7 cm³/mol. The average molecular weight is 223 g/mol. The van der Waals surface area contributed by atoms with Crippen molar-refractivity contribution in [1.29, 1.82) is 0 Å². The molecule has 1 atom stereocenters. The smallest absolute Gasteiger partial charge is 0.0969 e. The second-order valence-electron chi connectivity index (χ2n) is 5.49. The zero-order chi connectivity index (χ0) is 11.5. The van der Waals surface area contributed by atoms with Crippen molar-refractivity contribution >= 4 is 5.84 Å². The third kappa shape index (κ3) is 2.97. The Morgan fingerprint density at radius 2 is 1.94 bits per heavy atom. The Morgan fingerprint density at radius 1 is 1.31 bits per heavy atom. The zero-order valence-corrected chi connectivity index (χ0v) is 10.7. The molecule has 2 fully saturated rings. The van der Waals surface area contributed by atoms with Crippen molar-refractivity contribution in [3.63, 3.8) is 0 Å². The molecule has 0 aliphatic heterocycles. The van der Waals surface area contributed by atoms with E-state index in [9.17, 15) is 0 Å². The molecule has 0 saturated heterocycles. The number of rotatable bonds is 5. The van der Waals surface area contributed by atoms with Gasteiger partial charge in [0.05, 0.1) is 12.4 Å². The number of hydrogen-bond donors (Lipinski definition) is 1. The average Bonchev–Trinajstić information content (AvgIpc) is 2.99. The van der Waals surface area contributed by atoms with E-state index in [1.807, 2.05) is 0 Å². The Morgan fingerprint density at radius 3 is 2.50 bits per heavy atom. The fourth-order valence-corrected chi connectivity index (χ4v) is 2.56. The summed E-state index contributed by atoms with van der Waals surface area (Å²) in [5, 5.41) is 0. The van der Waals surface area contributed by atoms with Crippen LogP contribution >= 0.6 is 0 Å². The number of aliphatic imine (C=N–C) groups is 1. The Labute approximate surface area is 99.1 Å².